The summed E-state index contributed by atoms with van der Waals surface area (Å²) in [6, 6.07) is 11.4. The van der Waals surface area contributed by atoms with Crippen LogP contribution in [-0.4, -0.2) is 23.1 Å². The second kappa shape index (κ2) is 8.16. The minimum absolute atomic E-state index is 0.0198. The highest BCUT2D eigenvalue weighted by molar-refractivity contribution is 8.07. The van der Waals surface area contributed by atoms with Crippen molar-refractivity contribution < 1.29 is 9.53 Å². The van der Waals surface area contributed by atoms with Gasteiger partial charge in [-0.1, -0.05) is 48.2 Å². The first-order valence-corrected chi connectivity index (χ1v) is 9.15. The predicted molar refractivity (Wildman–Crippen MR) is 107 cm³/mol. The molecule has 2 rings (SSSR count). The first kappa shape index (κ1) is 20.4. The molecule has 1 heterocycles. The van der Waals surface area contributed by atoms with E-state index in [1.165, 1.54) is 16.7 Å². The van der Waals surface area contributed by atoms with Gasteiger partial charge in [0.1, 0.15) is 23.3 Å². The maximum atomic E-state index is 12.6. The summed E-state index contributed by atoms with van der Waals surface area (Å²) in [5.74, 6) is 0. The molecule has 0 atom stereocenters. The lowest BCUT2D eigenvalue weighted by Crippen LogP contribution is -2.34. The van der Waals surface area contributed by atoms with Crippen molar-refractivity contribution in [3.05, 3.63) is 63.6 Å². The SMILES string of the molecule is C=C1CN(C(=O)OC(C)(C)C)/C(=C/C(=C(C#N)C#N)c2ccc(C)cc2)S1. The first-order chi connectivity index (χ1) is 12.6. The van der Waals surface area contributed by atoms with Crippen LogP contribution in [0.15, 0.2) is 52.4 Å². The number of thioether (sulfide) groups is 1. The highest BCUT2D eigenvalue weighted by atomic mass is 32.2. The fraction of sp³-hybridized carbons (Fsp3) is 0.286. The Morgan fingerprint density at radius 3 is 2.37 bits per heavy atom. The maximum Gasteiger partial charge on any atom is 0.415 e. The molecule has 1 aliphatic heterocycles. The van der Waals surface area contributed by atoms with Gasteiger partial charge in [0.25, 0.3) is 0 Å². The Bertz CT molecular complexity index is 891. The van der Waals surface area contributed by atoms with Crippen molar-refractivity contribution in [2.45, 2.75) is 33.3 Å². The fourth-order valence-electron chi connectivity index (χ4n) is 2.37. The number of allylic oxidation sites excluding steroid dienone is 3. The number of carbonyl (C=O) groups excluding carboxylic acids is 1. The summed E-state index contributed by atoms with van der Waals surface area (Å²) in [6.45, 7) is 11.6. The highest BCUT2D eigenvalue weighted by Gasteiger charge is 2.31. The Hall–Kier alpha value is -2.96. The lowest BCUT2D eigenvalue weighted by molar-refractivity contribution is 0.0350. The minimum atomic E-state index is -0.628. The van der Waals surface area contributed by atoms with Crippen LogP contribution in [0.5, 0.6) is 0 Å². The summed E-state index contributed by atoms with van der Waals surface area (Å²) in [5, 5.41) is 19.3. The Labute approximate surface area is 164 Å². The molecule has 6 heteroatoms. The van der Waals surface area contributed by atoms with Crippen molar-refractivity contribution in [1.82, 2.24) is 4.90 Å². The second-order valence-corrected chi connectivity index (χ2v) is 8.27. The fourth-order valence-corrected chi connectivity index (χ4v) is 3.29. The Kier molecular flexibility index (Phi) is 6.15. The second-order valence-electron chi connectivity index (χ2n) is 7.07. The molecule has 0 unspecified atom stereocenters. The zero-order valence-electron chi connectivity index (χ0n) is 15.9. The third-order valence-electron chi connectivity index (χ3n) is 3.59. The lowest BCUT2D eigenvalue weighted by Gasteiger charge is -2.24. The van der Waals surface area contributed by atoms with Crippen LogP contribution in [0.25, 0.3) is 5.57 Å². The molecule has 0 saturated carbocycles. The molecule has 27 heavy (non-hydrogen) atoms. The Morgan fingerprint density at radius 1 is 1.26 bits per heavy atom. The number of hydrogen-bond donors (Lipinski definition) is 0. The van der Waals surface area contributed by atoms with Gasteiger partial charge in [0.2, 0.25) is 0 Å². The molecule has 0 radical (unpaired) electrons. The van der Waals surface area contributed by atoms with E-state index in [0.717, 1.165) is 16.0 Å². The summed E-state index contributed by atoms with van der Waals surface area (Å²) in [6.07, 6.45) is 1.19. The summed E-state index contributed by atoms with van der Waals surface area (Å²) >= 11 is 1.33. The molecule has 0 N–H and O–H groups in total. The number of amides is 1. The van der Waals surface area contributed by atoms with Crippen molar-refractivity contribution in [3.8, 4) is 12.1 Å². The first-order valence-electron chi connectivity index (χ1n) is 8.34. The molecule has 1 aromatic carbocycles. The molecule has 0 aliphatic carbocycles. The highest BCUT2D eigenvalue weighted by Crippen LogP contribution is 2.39. The number of rotatable bonds is 2. The number of nitrogens with zero attached hydrogens (tertiary/aromatic N) is 3. The molecule has 5 nitrogen and oxygen atoms in total. The van der Waals surface area contributed by atoms with Crippen LogP contribution in [0.1, 0.15) is 31.9 Å². The van der Waals surface area contributed by atoms with Gasteiger partial charge in [-0.05, 0) is 39.3 Å². The summed E-state index contributed by atoms with van der Waals surface area (Å²) < 4.78 is 5.46. The van der Waals surface area contributed by atoms with Crippen molar-refractivity contribution >= 4 is 23.4 Å². The number of benzene rings is 1. The summed E-state index contributed by atoms with van der Waals surface area (Å²) in [7, 11) is 0. The van der Waals surface area contributed by atoms with E-state index in [0.29, 0.717) is 17.1 Å². The average Bonchev–Trinajstić information content (AvgIpc) is 2.95. The smallest absolute Gasteiger partial charge is 0.415 e. The quantitative estimate of drug-likeness (QED) is 0.665. The van der Waals surface area contributed by atoms with Crippen LogP contribution in [0.3, 0.4) is 0 Å². The van der Waals surface area contributed by atoms with Crippen LogP contribution in [0, 0.1) is 29.6 Å². The minimum Gasteiger partial charge on any atom is -0.443 e. The van der Waals surface area contributed by atoms with Crippen molar-refractivity contribution in [2.75, 3.05) is 6.54 Å². The zero-order chi connectivity index (χ0) is 20.2. The standard InChI is InChI=1S/C21H21N3O2S/c1-14-6-8-16(9-7-14)18(17(11-22)12-23)10-19-24(13-15(2)27-19)20(25)26-21(3,4)5/h6-10H,2,13H2,1,3-5H3/b19-10-. The number of aryl methyl sites for hydroxylation is 1. The molecular weight excluding hydrogens is 358 g/mol. The number of carbonyl (C=O) groups is 1. The Balaban J connectivity index is 2.51. The lowest BCUT2D eigenvalue weighted by atomic mass is 10.00. The third-order valence-corrected chi connectivity index (χ3v) is 4.55. The topological polar surface area (TPSA) is 77.1 Å². The molecule has 1 amide bonds. The number of nitriles is 2. The van der Waals surface area contributed by atoms with E-state index in [9.17, 15) is 15.3 Å². The monoisotopic (exact) mass is 379 g/mol. The van der Waals surface area contributed by atoms with Gasteiger partial charge >= 0.3 is 6.09 Å². The van der Waals surface area contributed by atoms with Gasteiger partial charge in [0.05, 0.1) is 11.6 Å². The van der Waals surface area contributed by atoms with Gasteiger partial charge in [-0.15, -0.1) is 0 Å². The van der Waals surface area contributed by atoms with E-state index >= 15 is 0 Å². The molecule has 0 bridgehead atoms. The number of ether oxygens (including phenoxy) is 1. The van der Waals surface area contributed by atoms with Gasteiger partial charge in [-0.2, -0.15) is 10.5 Å². The van der Waals surface area contributed by atoms with Gasteiger partial charge in [0, 0.05) is 10.5 Å². The van der Waals surface area contributed by atoms with Gasteiger partial charge in [-0.25, -0.2) is 4.79 Å². The van der Waals surface area contributed by atoms with Crippen LogP contribution in [0.4, 0.5) is 4.79 Å². The van der Waals surface area contributed by atoms with E-state index in [2.05, 4.69) is 6.58 Å². The van der Waals surface area contributed by atoms with Gasteiger partial charge < -0.3 is 4.74 Å². The van der Waals surface area contributed by atoms with E-state index in [4.69, 9.17) is 4.74 Å². The normalized spacial score (nSPS) is 15.3. The molecular formula is C21H21N3O2S. The largest absolute Gasteiger partial charge is 0.443 e. The molecule has 0 aromatic heterocycles. The molecule has 1 aliphatic rings. The molecule has 1 fully saturated rings. The van der Waals surface area contributed by atoms with Crippen molar-refractivity contribution in [1.29, 1.82) is 10.5 Å². The Morgan fingerprint density at radius 2 is 1.85 bits per heavy atom. The van der Waals surface area contributed by atoms with Crippen LogP contribution >= 0.6 is 11.8 Å². The average molecular weight is 379 g/mol. The van der Waals surface area contributed by atoms with E-state index < -0.39 is 11.7 Å². The molecule has 138 valence electrons. The van der Waals surface area contributed by atoms with Crippen molar-refractivity contribution in [2.24, 2.45) is 0 Å². The van der Waals surface area contributed by atoms with E-state index in [-0.39, 0.29) is 5.57 Å². The van der Waals surface area contributed by atoms with Gasteiger partial charge in [0.15, 0.2) is 0 Å². The van der Waals surface area contributed by atoms with E-state index in [1.54, 1.807) is 26.8 Å². The van der Waals surface area contributed by atoms with Crippen LogP contribution < -0.4 is 0 Å². The molecule has 0 spiro atoms. The van der Waals surface area contributed by atoms with Crippen LogP contribution in [0.2, 0.25) is 0 Å². The molecule has 1 saturated heterocycles. The van der Waals surface area contributed by atoms with E-state index in [1.807, 2.05) is 43.3 Å². The van der Waals surface area contributed by atoms with Crippen molar-refractivity contribution in [3.63, 3.8) is 0 Å². The van der Waals surface area contributed by atoms with Gasteiger partial charge in [-0.3, -0.25) is 4.90 Å². The third kappa shape index (κ3) is 5.26. The summed E-state index contributed by atoms with van der Waals surface area (Å²) in [5.41, 5.74) is 1.62. The summed E-state index contributed by atoms with van der Waals surface area (Å²) in [4.78, 5) is 14.8. The van der Waals surface area contributed by atoms with Crippen LogP contribution in [-0.2, 0) is 4.74 Å². The zero-order valence-corrected chi connectivity index (χ0v) is 16.7. The predicted octanol–water partition coefficient (Wildman–Crippen LogP) is 5.13. The molecule has 1 aromatic rings. The number of hydrogen-bond acceptors (Lipinski definition) is 5. The maximum absolute atomic E-state index is 12.6.